The van der Waals surface area contributed by atoms with Crippen LogP contribution in [0.25, 0.3) is 0 Å². The van der Waals surface area contributed by atoms with Gasteiger partial charge in [-0.2, -0.15) is 0 Å². The first kappa shape index (κ1) is 9.23. The molecule has 0 radical (unpaired) electrons. The van der Waals surface area contributed by atoms with Crippen LogP contribution in [-0.4, -0.2) is 19.0 Å². The van der Waals surface area contributed by atoms with Crippen molar-refractivity contribution in [2.75, 3.05) is 0 Å². The highest BCUT2D eigenvalue weighted by molar-refractivity contribution is 6.64. The lowest BCUT2D eigenvalue weighted by Gasteiger charge is -2.43. The number of rotatable bonds is 0. The first-order valence-corrected chi connectivity index (χ1v) is 6.82. The van der Waals surface area contributed by atoms with Crippen molar-refractivity contribution in [2.45, 2.75) is 45.4 Å². The van der Waals surface area contributed by atoms with Crippen LogP contribution in [0.5, 0.6) is 0 Å². The van der Waals surface area contributed by atoms with Crippen LogP contribution >= 0.6 is 0 Å². The Morgan fingerprint density at radius 3 is 2.45 bits per heavy atom. The molecule has 0 bridgehead atoms. The molecule has 1 fully saturated rings. The maximum atomic E-state index is 9.74. The van der Waals surface area contributed by atoms with Gasteiger partial charge in [-0.3, -0.25) is 0 Å². The predicted molar refractivity (Wildman–Crippen MR) is 47.6 cm³/mol. The molecule has 0 amide bonds. The van der Waals surface area contributed by atoms with Crippen LogP contribution in [0.2, 0.25) is 12.6 Å². The standard InChI is InChI=1S/C8H18O2Si/c1-7-5-6-11(4,9)10-8(7,2)3/h7,9H,5-6H2,1-4H3. The second-order valence-electron chi connectivity index (χ2n) is 4.32. The van der Waals surface area contributed by atoms with E-state index in [0.29, 0.717) is 5.92 Å². The van der Waals surface area contributed by atoms with Crippen molar-refractivity contribution in [2.24, 2.45) is 5.92 Å². The van der Waals surface area contributed by atoms with E-state index in [4.69, 9.17) is 4.43 Å². The van der Waals surface area contributed by atoms with E-state index in [1.54, 1.807) is 0 Å². The van der Waals surface area contributed by atoms with Gasteiger partial charge in [0.2, 0.25) is 0 Å². The highest BCUT2D eigenvalue weighted by Gasteiger charge is 2.42. The Balaban J connectivity index is 2.67. The molecule has 2 nitrogen and oxygen atoms in total. The van der Waals surface area contributed by atoms with Gasteiger partial charge in [0.25, 0.3) is 0 Å². The van der Waals surface area contributed by atoms with Gasteiger partial charge in [0.05, 0.1) is 5.60 Å². The molecule has 3 heteroatoms. The van der Waals surface area contributed by atoms with E-state index in [0.717, 1.165) is 12.5 Å². The van der Waals surface area contributed by atoms with Gasteiger partial charge in [0.1, 0.15) is 0 Å². The smallest absolute Gasteiger partial charge is 0.332 e. The molecule has 0 aromatic rings. The largest absolute Gasteiger partial charge is 0.411 e. The molecular formula is C8H18O2Si. The van der Waals surface area contributed by atoms with Crippen molar-refractivity contribution in [1.82, 2.24) is 0 Å². The van der Waals surface area contributed by atoms with Crippen LogP contribution in [0.15, 0.2) is 0 Å². The van der Waals surface area contributed by atoms with Crippen molar-refractivity contribution >= 4 is 8.56 Å². The molecule has 0 aliphatic carbocycles. The zero-order chi connectivity index (χ0) is 8.70. The van der Waals surface area contributed by atoms with Crippen LogP contribution in [-0.2, 0) is 4.43 Å². The zero-order valence-electron chi connectivity index (χ0n) is 7.85. The van der Waals surface area contributed by atoms with Crippen LogP contribution in [0.3, 0.4) is 0 Å². The van der Waals surface area contributed by atoms with E-state index in [9.17, 15) is 4.80 Å². The fraction of sp³-hybridized carbons (Fsp3) is 1.00. The van der Waals surface area contributed by atoms with Gasteiger partial charge in [0.15, 0.2) is 0 Å². The molecule has 2 atom stereocenters. The Kier molecular flexibility index (Phi) is 2.16. The summed E-state index contributed by atoms with van der Waals surface area (Å²) in [5.74, 6) is 0.565. The molecule has 2 unspecified atom stereocenters. The summed E-state index contributed by atoms with van der Waals surface area (Å²) in [6.07, 6.45) is 1.10. The molecular weight excluding hydrogens is 156 g/mol. The third-order valence-corrected chi connectivity index (χ3v) is 4.89. The Labute approximate surface area is 69.8 Å². The van der Waals surface area contributed by atoms with Gasteiger partial charge in [0, 0.05) is 0 Å². The minimum absolute atomic E-state index is 0.117. The van der Waals surface area contributed by atoms with Crippen molar-refractivity contribution < 1.29 is 9.22 Å². The van der Waals surface area contributed by atoms with Crippen molar-refractivity contribution in [3.8, 4) is 0 Å². The van der Waals surface area contributed by atoms with Gasteiger partial charge in [-0.15, -0.1) is 0 Å². The fourth-order valence-electron chi connectivity index (χ4n) is 1.55. The summed E-state index contributed by atoms with van der Waals surface area (Å²) >= 11 is 0. The lowest BCUT2D eigenvalue weighted by atomic mass is 9.91. The topological polar surface area (TPSA) is 29.5 Å². The quantitative estimate of drug-likeness (QED) is 0.568. The maximum Gasteiger partial charge on any atom is 0.332 e. The minimum atomic E-state index is -2.27. The molecule has 0 aromatic carbocycles. The molecule has 1 aliphatic rings. The average Bonchev–Trinajstić information content (AvgIpc) is 1.77. The molecule has 1 saturated heterocycles. The van der Waals surface area contributed by atoms with E-state index in [1.807, 2.05) is 6.55 Å². The second kappa shape index (κ2) is 2.57. The van der Waals surface area contributed by atoms with Gasteiger partial charge >= 0.3 is 8.56 Å². The summed E-state index contributed by atoms with van der Waals surface area (Å²) in [5.41, 5.74) is -0.117. The number of hydrogen-bond donors (Lipinski definition) is 1. The van der Waals surface area contributed by atoms with Gasteiger partial charge < -0.3 is 9.22 Å². The first-order chi connectivity index (χ1) is 4.83. The lowest BCUT2D eigenvalue weighted by Crippen LogP contribution is -2.51. The fourth-order valence-corrected chi connectivity index (χ4v) is 3.96. The van der Waals surface area contributed by atoms with Crippen LogP contribution in [0.1, 0.15) is 27.2 Å². The molecule has 0 saturated carbocycles. The lowest BCUT2D eigenvalue weighted by molar-refractivity contribution is -0.00114. The third kappa shape index (κ3) is 2.04. The van der Waals surface area contributed by atoms with E-state index >= 15 is 0 Å². The minimum Gasteiger partial charge on any atom is -0.411 e. The average molecular weight is 174 g/mol. The molecule has 11 heavy (non-hydrogen) atoms. The first-order valence-electron chi connectivity index (χ1n) is 4.26. The summed E-state index contributed by atoms with van der Waals surface area (Å²) in [6.45, 7) is 8.20. The van der Waals surface area contributed by atoms with Gasteiger partial charge in [-0.05, 0) is 38.8 Å². The molecule has 0 spiro atoms. The third-order valence-electron chi connectivity index (χ3n) is 2.71. The van der Waals surface area contributed by atoms with Crippen LogP contribution in [0, 0.1) is 5.92 Å². The van der Waals surface area contributed by atoms with E-state index in [2.05, 4.69) is 20.8 Å². The van der Waals surface area contributed by atoms with E-state index in [1.165, 1.54) is 0 Å². The Morgan fingerprint density at radius 2 is 2.09 bits per heavy atom. The molecule has 0 aromatic heterocycles. The highest BCUT2D eigenvalue weighted by Crippen LogP contribution is 2.35. The van der Waals surface area contributed by atoms with Gasteiger partial charge in [-0.1, -0.05) is 6.92 Å². The zero-order valence-corrected chi connectivity index (χ0v) is 8.85. The maximum absolute atomic E-state index is 9.74. The summed E-state index contributed by atoms with van der Waals surface area (Å²) in [5, 5.41) is 0. The second-order valence-corrected chi connectivity index (χ2v) is 7.37. The summed E-state index contributed by atoms with van der Waals surface area (Å²) in [7, 11) is -2.27. The molecule has 1 rings (SSSR count). The summed E-state index contributed by atoms with van der Waals surface area (Å²) in [4.78, 5) is 9.74. The predicted octanol–water partition coefficient (Wildman–Crippen LogP) is 1.89. The van der Waals surface area contributed by atoms with E-state index < -0.39 is 8.56 Å². The van der Waals surface area contributed by atoms with Crippen molar-refractivity contribution in [3.05, 3.63) is 0 Å². The number of hydrogen-bond acceptors (Lipinski definition) is 2. The van der Waals surface area contributed by atoms with Gasteiger partial charge in [-0.25, -0.2) is 0 Å². The molecule has 1 aliphatic heterocycles. The molecule has 1 heterocycles. The van der Waals surface area contributed by atoms with Crippen LogP contribution in [0.4, 0.5) is 0 Å². The Hall–Kier alpha value is 0.137. The normalized spacial score (nSPS) is 43.9. The Morgan fingerprint density at radius 1 is 1.55 bits per heavy atom. The molecule has 66 valence electrons. The highest BCUT2D eigenvalue weighted by atomic mass is 28.4. The van der Waals surface area contributed by atoms with Crippen LogP contribution < -0.4 is 0 Å². The molecule has 1 N–H and O–H groups in total. The summed E-state index contributed by atoms with van der Waals surface area (Å²) < 4.78 is 5.67. The van der Waals surface area contributed by atoms with E-state index in [-0.39, 0.29) is 5.60 Å². The monoisotopic (exact) mass is 174 g/mol. The van der Waals surface area contributed by atoms with Crippen molar-refractivity contribution in [3.63, 3.8) is 0 Å². The SMILES string of the molecule is CC1CC[Si](C)(O)OC1(C)C. The summed E-state index contributed by atoms with van der Waals surface area (Å²) in [6, 6.07) is 0.887. The van der Waals surface area contributed by atoms with Crippen molar-refractivity contribution in [1.29, 1.82) is 0 Å². The Bertz CT molecular complexity index is 154.